The van der Waals surface area contributed by atoms with E-state index >= 15 is 0 Å². The maximum Gasteiger partial charge on any atom is 0.0570 e. The normalized spacial score (nSPS) is 14.9. The van der Waals surface area contributed by atoms with Crippen LogP contribution < -0.4 is 5.32 Å². The van der Waals surface area contributed by atoms with Crippen LogP contribution >= 0.6 is 0 Å². The molecular formula is C12H20N2O. The molecule has 1 aromatic rings. The van der Waals surface area contributed by atoms with Crippen LogP contribution in [0.25, 0.3) is 0 Å². The van der Waals surface area contributed by atoms with Gasteiger partial charge in [0.1, 0.15) is 0 Å². The number of aliphatic hydroxyl groups is 1. The molecule has 84 valence electrons. The molecule has 0 aromatic carbocycles. The van der Waals surface area contributed by atoms with E-state index in [9.17, 15) is 0 Å². The van der Waals surface area contributed by atoms with Crippen molar-refractivity contribution in [3.63, 3.8) is 0 Å². The van der Waals surface area contributed by atoms with E-state index in [1.54, 1.807) is 0 Å². The highest BCUT2D eigenvalue weighted by Gasteiger charge is 2.09. The molecule has 0 unspecified atom stereocenters. The summed E-state index contributed by atoms with van der Waals surface area (Å²) in [6.45, 7) is 4.51. The largest absolute Gasteiger partial charge is 0.396 e. The molecule has 0 aliphatic heterocycles. The molecule has 0 saturated heterocycles. The molecule has 0 fully saturated rings. The minimum Gasteiger partial charge on any atom is -0.396 e. The van der Waals surface area contributed by atoms with E-state index < -0.39 is 0 Å². The van der Waals surface area contributed by atoms with Crippen LogP contribution in [0.1, 0.15) is 38.4 Å². The summed E-state index contributed by atoms with van der Waals surface area (Å²) in [4.78, 5) is 4.30. The van der Waals surface area contributed by atoms with Crippen molar-refractivity contribution in [2.45, 2.75) is 38.8 Å². The molecule has 0 spiro atoms. The Morgan fingerprint density at radius 1 is 1.40 bits per heavy atom. The Kier molecular flexibility index (Phi) is 5.29. The van der Waals surface area contributed by atoms with E-state index in [-0.39, 0.29) is 12.6 Å². The van der Waals surface area contributed by atoms with Crippen molar-refractivity contribution in [3.05, 3.63) is 30.1 Å². The summed E-state index contributed by atoms with van der Waals surface area (Å²) in [6.07, 6.45) is 3.66. The topological polar surface area (TPSA) is 45.1 Å². The van der Waals surface area contributed by atoms with E-state index in [2.05, 4.69) is 24.1 Å². The summed E-state index contributed by atoms with van der Waals surface area (Å²) in [5.41, 5.74) is 1.06. The quantitative estimate of drug-likeness (QED) is 0.750. The van der Waals surface area contributed by atoms with Gasteiger partial charge in [-0.1, -0.05) is 6.07 Å². The predicted molar refractivity (Wildman–Crippen MR) is 61.6 cm³/mol. The van der Waals surface area contributed by atoms with E-state index in [1.165, 1.54) is 0 Å². The second-order valence-electron chi connectivity index (χ2n) is 3.91. The Balaban J connectivity index is 2.38. The third-order valence-corrected chi connectivity index (χ3v) is 2.46. The molecule has 0 amide bonds. The number of pyridine rings is 1. The lowest BCUT2D eigenvalue weighted by Crippen LogP contribution is -2.29. The van der Waals surface area contributed by atoms with Gasteiger partial charge in [-0.2, -0.15) is 0 Å². The molecule has 2 N–H and O–H groups in total. The monoisotopic (exact) mass is 208 g/mol. The molecule has 3 heteroatoms. The summed E-state index contributed by atoms with van der Waals surface area (Å²) in [5, 5.41) is 12.2. The Morgan fingerprint density at radius 3 is 2.80 bits per heavy atom. The Labute approximate surface area is 91.5 Å². The van der Waals surface area contributed by atoms with Gasteiger partial charge in [-0.15, -0.1) is 0 Å². The molecule has 2 atom stereocenters. The Morgan fingerprint density at radius 2 is 2.20 bits per heavy atom. The van der Waals surface area contributed by atoms with Crippen LogP contribution in [0.4, 0.5) is 0 Å². The molecule has 1 rings (SSSR count). The van der Waals surface area contributed by atoms with Gasteiger partial charge >= 0.3 is 0 Å². The van der Waals surface area contributed by atoms with Crippen molar-refractivity contribution in [2.75, 3.05) is 6.61 Å². The molecular weight excluding hydrogens is 188 g/mol. The van der Waals surface area contributed by atoms with Crippen molar-refractivity contribution in [3.8, 4) is 0 Å². The van der Waals surface area contributed by atoms with Crippen molar-refractivity contribution >= 4 is 0 Å². The zero-order chi connectivity index (χ0) is 11.1. The maximum atomic E-state index is 8.73. The molecule has 0 bridgehead atoms. The van der Waals surface area contributed by atoms with Crippen molar-refractivity contribution in [1.82, 2.24) is 10.3 Å². The number of aromatic nitrogens is 1. The van der Waals surface area contributed by atoms with Crippen LogP contribution in [0, 0.1) is 0 Å². The van der Waals surface area contributed by atoms with Crippen LogP contribution in [-0.2, 0) is 0 Å². The SMILES string of the molecule is C[C@H](N[C@@H](C)CCCO)c1ccccn1. The lowest BCUT2D eigenvalue weighted by atomic mass is 10.1. The summed E-state index contributed by atoms with van der Waals surface area (Å²) < 4.78 is 0. The Hall–Kier alpha value is -0.930. The fourth-order valence-electron chi connectivity index (χ4n) is 1.63. The average molecular weight is 208 g/mol. The summed E-state index contributed by atoms with van der Waals surface area (Å²) in [6, 6.07) is 6.62. The van der Waals surface area contributed by atoms with Crippen LogP contribution in [0.2, 0.25) is 0 Å². The minimum absolute atomic E-state index is 0.264. The van der Waals surface area contributed by atoms with E-state index in [1.807, 2.05) is 24.4 Å². The lowest BCUT2D eigenvalue weighted by molar-refractivity contribution is 0.274. The van der Waals surface area contributed by atoms with Crippen LogP contribution in [0.15, 0.2) is 24.4 Å². The molecule has 0 aliphatic carbocycles. The first-order valence-electron chi connectivity index (χ1n) is 5.52. The third kappa shape index (κ3) is 4.40. The van der Waals surface area contributed by atoms with E-state index in [0.29, 0.717) is 6.04 Å². The van der Waals surface area contributed by atoms with Gasteiger partial charge in [-0.3, -0.25) is 4.98 Å². The van der Waals surface area contributed by atoms with Gasteiger partial charge < -0.3 is 10.4 Å². The predicted octanol–water partition coefficient (Wildman–Crippen LogP) is 1.89. The van der Waals surface area contributed by atoms with Gasteiger partial charge in [-0.25, -0.2) is 0 Å². The van der Waals surface area contributed by atoms with Gasteiger partial charge in [0.2, 0.25) is 0 Å². The lowest BCUT2D eigenvalue weighted by Gasteiger charge is -2.19. The van der Waals surface area contributed by atoms with Gasteiger partial charge in [-0.05, 0) is 38.8 Å². The fraction of sp³-hybridized carbons (Fsp3) is 0.583. The first-order chi connectivity index (χ1) is 7.24. The van der Waals surface area contributed by atoms with Crippen molar-refractivity contribution < 1.29 is 5.11 Å². The first-order valence-corrected chi connectivity index (χ1v) is 5.52. The van der Waals surface area contributed by atoms with Gasteiger partial charge in [0.05, 0.1) is 5.69 Å². The molecule has 3 nitrogen and oxygen atoms in total. The minimum atomic E-state index is 0.264. The van der Waals surface area contributed by atoms with Gasteiger partial charge in [0, 0.05) is 24.9 Å². The van der Waals surface area contributed by atoms with Crippen LogP contribution in [0.5, 0.6) is 0 Å². The Bertz CT molecular complexity index is 264. The fourth-order valence-corrected chi connectivity index (χ4v) is 1.63. The zero-order valence-electron chi connectivity index (χ0n) is 9.48. The van der Waals surface area contributed by atoms with Gasteiger partial charge in [0.25, 0.3) is 0 Å². The number of nitrogens with zero attached hydrogens (tertiary/aromatic N) is 1. The number of rotatable bonds is 6. The molecule has 0 radical (unpaired) electrons. The van der Waals surface area contributed by atoms with Crippen molar-refractivity contribution in [1.29, 1.82) is 0 Å². The second kappa shape index (κ2) is 6.53. The van der Waals surface area contributed by atoms with E-state index in [4.69, 9.17) is 5.11 Å². The number of nitrogens with one attached hydrogen (secondary N) is 1. The smallest absolute Gasteiger partial charge is 0.0570 e. The average Bonchev–Trinajstić information content (AvgIpc) is 2.27. The summed E-state index contributed by atoms with van der Waals surface area (Å²) in [7, 11) is 0. The number of hydrogen-bond acceptors (Lipinski definition) is 3. The van der Waals surface area contributed by atoms with E-state index in [0.717, 1.165) is 18.5 Å². The highest BCUT2D eigenvalue weighted by atomic mass is 16.2. The molecule has 0 aliphatic rings. The van der Waals surface area contributed by atoms with Crippen LogP contribution in [0.3, 0.4) is 0 Å². The summed E-state index contributed by atoms with van der Waals surface area (Å²) in [5.74, 6) is 0. The first kappa shape index (κ1) is 12.1. The maximum absolute atomic E-state index is 8.73. The molecule has 1 aromatic heterocycles. The molecule has 1 heterocycles. The second-order valence-corrected chi connectivity index (χ2v) is 3.91. The van der Waals surface area contributed by atoms with Crippen molar-refractivity contribution in [2.24, 2.45) is 0 Å². The zero-order valence-corrected chi connectivity index (χ0v) is 9.48. The van der Waals surface area contributed by atoms with Crippen LogP contribution in [-0.4, -0.2) is 22.7 Å². The molecule has 0 saturated carbocycles. The highest BCUT2D eigenvalue weighted by molar-refractivity contribution is 5.07. The number of aliphatic hydroxyl groups excluding tert-OH is 1. The summed E-state index contributed by atoms with van der Waals surface area (Å²) >= 11 is 0. The standard InChI is InChI=1S/C12H20N2O/c1-10(6-5-9-15)14-11(2)12-7-3-4-8-13-12/h3-4,7-8,10-11,14-15H,5-6,9H2,1-2H3/t10-,11-/m0/s1. The molecule has 15 heavy (non-hydrogen) atoms. The third-order valence-electron chi connectivity index (χ3n) is 2.46. The highest BCUT2D eigenvalue weighted by Crippen LogP contribution is 2.10. The van der Waals surface area contributed by atoms with Gasteiger partial charge in [0.15, 0.2) is 0 Å². The number of hydrogen-bond donors (Lipinski definition) is 2.